The molecule has 4 nitrogen and oxygen atoms in total. The van der Waals surface area contributed by atoms with E-state index in [2.05, 4.69) is 19.9 Å². The van der Waals surface area contributed by atoms with Gasteiger partial charge >= 0.3 is 11.9 Å². The third-order valence-electron chi connectivity index (χ3n) is 9.44. The van der Waals surface area contributed by atoms with Crippen molar-refractivity contribution < 1.29 is 19.1 Å². The SMILES string of the molecule is CC(=O)OC1CCC2(C)C(=CCC3C2CCC2(C)C3CC3CCC(=O)OC32)C1. The van der Waals surface area contributed by atoms with Gasteiger partial charge in [0.25, 0.3) is 0 Å². The van der Waals surface area contributed by atoms with Gasteiger partial charge in [0.15, 0.2) is 0 Å². The maximum atomic E-state index is 12.0. The van der Waals surface area contributed by atoms with Crippen molar-refractivity contribution >= 4 is 11.9 Å². The Balaban J connectivity index is 1.41. The fraction of sp³-hybridized carbons (Fsp3) is 0.833. The molecule has 0 spiro atoms. The van der Waals surface area contributed by atoms with Crippen LogP contribution in [-0.4, -0.2) is 24.1 Å². The van der Waals surface area contributed by atoms with E-state index in [4.69, 9.17) is 9.47 Å². The molecule has 8 atom stereocenters. The molecule has 0 aromatic heterocycles. The molecule has 4 fully saturated rings. The van der Waals surface area contributed by atoms with Gasteiger partial charge in [-0.3, -0.25) is 9.59 Å². The van der Waals surface area contributed by atoms with Gasteiger partial charge in [-0.05, 0) is 74.0 Å². The number of allylic oxidation sites excluding steroid dienone is 1. The molecular weight excluding hydrogens is 352 g/mol. The van der Waals surface area contributed by atoms with Crippen molar-refractivity contribution in [3.05, 3.63) is 11.6 Å². The number of esters is 2. The molecule has 5 aliphatic rings. The van der Waals surface area contributed by atoms with Gasteiger partial charge in [-0.15, -0.1) is 0 Å². The number of hydrogen-bond donors (Lipinski definition) is 0. The van der Waals surface area contributed by atoms with Crippen LogP contribution in [0.15, 0.2) is 11.6 Å². The number of ether oxygens (including phenoxy) is 2. The predicted molar refractivity (Wildman–Crippen MR) is 105 cm³/mol. The maximum absolute atomic E-state index is 12.0. The van der Waals surface area contributed by atoms with Gasteiger partial charge in [0.2, 0.25) is 0 Å². The van der Waals surface area contributed by atoms with E-state index in [0.717, 1.165) is 38.0 Å². The van der Waals surface area contributed by atoms with Crippen LogP contribution in [-0.2, 0) is 19.1 Å². The van der Waals surface area contributed by atoms with E-state index in [0.29, 0.717) is 24.2 Å². The smallest absolute Gasteiger partial charge is 0.306 e. The van der Waals surface area contributed by atoms with E-state index in [-0.39, 0.29) is 35.0 Å². The lowest BCUT2D eigenvalue weighted by Gasteiger charge is -2.57. The zero-order valence-electron chi connectivity index (χ0n) is 17.5. The third kappa shape index (κ3) is 2.62. The molecule has 4 aliphatic carbocycles. The minimum atomic E-state index is -0.153. The third-order valence-corrected chi connectivity index (χ3v) is 9.44. The van der Waals surface area contributed by atoms with Gasteiger partial charge in [0, 0.05) is 25.2 Å². The summed E-state index contributed by atoms with van der Waals surface area (Å²) in [6.45, 7) is 6.41. The summed E-state index contributed by atoms with van der Waals surface area (Å²) in [7, 11) is 0. The molecule has 4 heteroatoms. The van der Waals surface area contributed by atoms with E-state index in [1.54, 1.807) is 0 Å². The van der Waals surface area contributed by atoms with Gasteiger partial charge < -0.3 is 9.47 Å². The van der Waals surface area contributed by atoms with E-state index >= 15 is 0 Å². The molecular formula is C24H34O4. The predicted octanol–water partition coefficient (Wildman–Crippen LogP) is 4.81. The summed E-state index contributed by atoms with van der Waals surface area (Å²) in [6.07, 6.45) is 12.2. The second-order valence-electron chi connectivity index (χ2n) is 10.7. The highest BCUT2D eigenvalue weighted by molar-refractivity contribution is 5.70. The summed E-state index contributed by atoms with van der Waals surface area (Å²) in [5, 5.41) is 0. The molecule has 0 amide bonds. The molecule has 154 valence electrons. The highest BCUT2D eigenvalue weighted by Gasteiger charge is 2.62. The van der Waals surface area contributed by atoms with E-state index < -0.39 is 0 Å². The Labute approximate surface area is 168 Å². The number of carbonyl (C=O) groups is 2. The molecule has 28 heavy (non-hydrogen) atoms. The number of fused-ring (bicyclic) bond motifs is 7. The first-order valence-electron chi connectivity index (χ1n) is 11.4. The Morgan fingerprint density at radius 1 is 1.18 bits per heavy atom. The van der Waals surface area contributed by atoms with Gasteiger partial charge in [-0.1, -0.05) is 25.5 Å². The fourth-order valence-electron chi connectivity index (χ4n) is 8.10. The molecule has 0 aromatic rings. The van der Waals surface area contributed by atoms with Crippen LogP contribution in [0.2, 0.25) is 0 Å². The Morgan fingerprint density at radius 2 is 2.00 bits per heavy atom. The number of rotatable bonds is 1. The second-order valence-corrected chi connectivity index (χ2v) is 10.7. The molecule has 1 saturated heterocycles. The van der Waals surface area contributed by atoms with Crippen molar-refractivity contribution in [1.29, 1.82) is 0 Å². The number of carbonyl (C=O) groups excluding carboxylic acids is 2. The average molecular weight is 387 g/mol. The van der Waals surface area contributed by atoms with E-state index in [1.807, 2.05) is 0 Å². The first kappa shape index (κ1) is 18.7. The van der Waals surface area contributed by atoms with E-state index in [1.165, 1.54) is 31.8 Å². The van der Waals surface area contributed by atoms with Crippen LogP contribution in [0.3, 0.4) is 0 Å². The van der Waals surface area contributed by atoms with Crippen LogP contribution >= 0.6 is 0 Å². The maximum Gasteiger partial charge on any atom is 0.306 e. The van der Waals surface area contributed by atoms with Crippen molar-refractivity contribution in [3.8, 4) is 0 Å². The van der Waals surface area contributed by atoms with Crippen LogP contribution < -0.4 is 0 Å². The van der Waals surface area contributed by atoms with Gasteiger partial charge in [-0.25, -0.2) is 0 Å². The lowest BCUT2D eigenvalue weighted by molar-refractivity contribution is -0.169. The van der Waals surface area contributed by atoms with E-state index in [9.17, 15) is 9.59 Å². The fourth-order valence-corrected chi connectivity index (χ4v) is 8.10. The van der Waals surface area contributed by atoms with Crippen molar-refractivity contribution in [2.45, 2.75) is 90.8 Å². The summed E-state index contributed by atoms with van der Waals surface area (Å²) in [6, 6.07) is 0. The largest absolute Gasteiger partial charge is 0.462 e. The normalized spacial score (nSPS) is 49.7. The summed E-state index contributed by atoms with van der Waals surface area (Å²) in [5.41, 5.74) is 1.96. The molecule has 0 N–H and O–H groups in total. The molecule has 1 aliphatic heterocycles. The van der Waals surface area contributed by atoms with Crippen LogP contribution in [0.4, 0.5) is 0 Å². The standard InChI is InChI=1S/C24H34O4/c1-14(25)27-17-8-10-23(2)16(13-17)5-6-18-19(23)9-11-24(3)20(18)12-15-4-7-21(26)28-22(15)24/h5,15,17-20,22H,4,6-13H2,1-3H3. The lowest BCUT2D eigenvalue weighted by Crippen LogP contribution is -2.52. The molecule has 0 bridgehead atoms. The summed E-state index contributed by atoms with van der Waals surface area (Å²) in [5.74, 6) is 2.55. The molecule has 3 saturated carbocycles. The monoisotopic (exact) mass is 386 g/mol. The molecule has 5 rings (SSSR count). The van der Waals surface area contributed by atoms with Crippen LogP contribution in [0.1, 0.15) is 78.6 Å². The average Bonchev–Trinajstić information content (AvgIpc) is 2.94. The number of hydrogen-bond acceptors (Lipinski definition) is 4. The second kappa shape index (κ2) is 6.34. The minimum absolute atomic E-state index is 0.0202. The summed E-state index contributed by atoms with van der Waals surface area (Å²) < 4.78 is 11.5. The van der Waals surface area contributed by atoms with Gasteiger partial charge in [0.05, 0.1) is 0 Å². The van der Waals surface area contributed by atoms with Crippen LogP contribution in [0.25, 0.3) is 0 Å². The Kier molecular flexibility index (Phi) is 4.23. The first-order chi connectivity index (χ1) is 13.3. The lowest BCUT2D eigenvalue weighted by atomic mass is 9.48. The first-order valence-corrected chi connectivity index (χ1v) is 11.4. The van der Waals surface area contributed by atoms with Gasteiger partial charge in [-0.2, -0.15) is 0 Å². The van der Waals surface area contributed by atoms with Crippen LogP contribution in [0.5, 0.6) is 0 Å². The molecule has 1 heterocycles. The summed E-state index contributed by atoms with van der Waals surface area (Å²) >= 11 is 0. The van der Waals surface area contributed by atoms with Crippen LogP contribution in [0, 0.1) is 34.5 Å². The van der Waals surface area contributed by atoms with Gasteiger partial charge in [0.1, 0.15) is 12.2 Å². The van der Waals surface area contributed by atoms with Crippen molar-refractivity contribution in [1.82, 2.24) is 0 Å². The Morgan fingerprint density at radius 3 is 2.79 bits per heavy atom. The summed E-state index contributed by atoms with van der Waals surface area (Å²) in [4.78, 5) is 23.4. The highest BCUT2D eigenvalue weighted by atomic mass is 16.5. The molecule has 0 aromatic carbocycles. The van der Waals surface area contributed by atoms with Crippen molar-refractivity contribution in [2.24, 2.45) is 34.5 Å². The quantitative estimate of drug-likeness (QED) is 0.479. The minimum Gasteiger partial charge on any atom is -0.462 e. The molecule has 0 radical (unpaired) electrons. The zero-order chi connectivity index (χ0) is 19.7. The van der Waals surface area contributed by atoms with Crippen molar-refractivity contribution in [3.63, 3.8) is 0 Å². The molecule has 8 unspecified atom stereocenters. The highest BCUT2D eigenvalue weighted by Crippen LogP contribution is 2.67. The topological polar surface area (TPSA) is 52.6 Å². The Bertz CT molecular complexity index is 726. The Hall–Kier alpha value is -1.32. The van der Waals surface area contributed by atoms with Crippen molar-refractivity contribution in [2.75, 3.05) is 0 Å². The zero-order valence-corrected chi connectivity index (χ0v) is 17.5.